The molecular formula is C21H26N2O2. The average molecular weight is 338 g/mol. The van der Waals surface area contributed by atoms with Crippen molar-refractivity contribution in [2.24, 2.45) is 5.10 Å². The van der Waals surface area contributed by atoms with E-state index < -0.39 is 0 Å². The Morgan fingerprint density at radius 3 is 2.52 bits per heavy atom. The highest BCUT2D eigenvalue weighted by atomic mass is 16.5. The van der Waals surface area contributed by atoms with Crippen molar-refractivity contribution in [3.05, 3.63) is 64.2 Å². The number of hydrogen-bond acceptors (Lipinski definition) is 3. The predicted octanol–water partition coefficient (Wildman–Crippen LogP) is 4.26. The molecule has 0 fully saturated rings. The number of aryl methyl sites for hydroxylation is 3. The summed E-state index contributed by atoms with van der Waals surface area (Å²) in [5, 5.41) is 4.03. The number of benzene rings is 2. The zero-order valence-corrected chi connectivity index (χ0v) is 15.6. The fourth-order valence-corrected chi connectivity index (χ4v) is 2.49. The molecule has 0 aliphatic heterocycles. The maximum absolute atomic E-state index is 12.0. The minimum absolute atomic E-state index is 0.0622. The van der Waals surface area contributed by atoms with Crippen LogP contribution in [0.1, 0.15) is 47.6 Å². The molecule has 0 unspecified atom stereocenters. The summed E-state index contributed by atoms with van der Waals surface area (Å²) in [6.07, 6.45) is 1.66. The third-order valence-electron chi connectivity index (χ3n) is 3.98. The first-order valence-electron chi connectivity index (χ1n) is 8.49. The molecular weight excluding hydrogens is 312 g/mol. The van der Waals surface area contributed by atoms with Gasteiger partial charge in [0.2, 0.25) is 0 Å². The highest BCUT2D eigenvalue weighted by Gasteiger charge is 2.10. The van der Waals surface area contributed by atoms with E-state index in [0.29, 0.717) is 5.92 Å². The number of nitrogens with zero attached hydrogens (tertiary/aromatic N) is 1. The standard InChI is InChI=1S/C21H26N2O2/c1-14(2)19-9-7-16(4)11-20(19)25-13-21(24)23-22-12-18-10-15(3)6-8-17(18)5/h6-12,14H,13H2,1-5H3,(H,23,24). The molecule has 2 aromatic rings. The maximum atomic E-state index is 12.0. The van der Waals surface area contributed by atoms with Gasteiger partial charge in [0.25, 0.3) is 5.91 Å². The number of amides is 1. The van der Waals surface area contributed by atoms with E-state index >= 15 is 0 Å². The lowest BCUT2D eigenvalue weighted by atomic mass is 10.0. The Kier molecular flexibility index (Phi) is 6.34. The maximum Gasteiger partial charge on any atom is 0.277 e. The molecule has 1 amide bonds. The van der Waals surface area contributed by atoms with E-state index in [0.717, 1.165) is 33.6 Å². The zero-order valence-electron chi connectivity index (χ0n) is 15.6. The third-order valence-corrected chi connectivity index (χ3v) is 3.98. The SMILES string of the molecule is Cc1ccc(C)c(C=NNC(=O)COc2cc(C)ccc2C(C)C)c1. The first-order chi connectivity index (χ1) is 11.9. The Morgan fingerprint density at radius 2 is 1.80 bits per heavy atom. The highest BCUT2D eigenvalue weighted by Crippen LogP contribution is 2.27. The molecule has 4 heteroatoms. The summed E-state index contributed by atoms with van der Waals surface area (Å²) in [7, 11) is 0. The Morgan fingerprint density at radius 1 is 1.12 bits per heavy atom. The fraction of sp³-hybridized carbons (Fsp3) is 0.333. The molecule has 0 aliphatic carbocycles. The van der Waals surface area contributed by atoms with Crippen LogP contribution < -0.4 is 10.2 Å². The fourth-order valence-electron chi connectivity index (χ4n) is 2.49. The Bertz CT molecular complexity index is 779. The minimum Gasteiger partial charge on any atom is -0.483 e. The van der Waals surface area contributed by atoms with Crippen molar-refractivity contribution in [2.45, 2.75) is 40.5 Å². The number of ether oxygens (including phenoxy) is 1. The molecule has 132 valence electrons. The molecule has 0 radical (unpaired) electrons. The number of carbonyl (C=O) groups excluding carboxylic acids is 1. The second-order valence-electron chi connectivity index (χ2n) is 6.64. The minimum atomic E-state index is -0.280. The molecule has 0 aliphatic rings. The Balaban J connectivity index is 1.94. The van der Waals surface area contributed by atoms with Gasteiger partial charge in [-0.05, 0) is 55.0 Å². The molecule has 25 heavy (non-hydrogen) atoms. The molecule has 0 aromatic heterocycles. The second kappa shape index (κ2) is 8.47. The number of carbonyl (C=O) groups is 1. The second-order valence-corrected chi connectivity index (χ2v) is 6.64. The van der Waals surface area contributed by atoms with Gasteiger partial charge in [0, 0.05) is 0 Å². The van der Waals surface area contributed by atoms with E-state index in [4.69, 9.17) is 4.74 Å². The van der Waals surface area contributed by atoms with E-state index in [-0.39, 0.29) is 12.5 Å². The molecule has 0 atom stereocenters. The van der Waals surface area contributed by atoms with Gasteiger partial charge in [-0.2, -0.15) is 5.10 Å². The molecule has 0 heterocycles. The molecule has 0 saturated carbocycles. The number of hydrazone groups is 1. The van der Waals surface area contributed by atoms with Crippen molar-refractivity contribution in [2.75, 3.05) is 6.61 Å². The van der Waals surface area contributed by atoms with Gasteiger partial charge in [0.05, 0.1) is 6.21 Å². The van der Waals surface area contributed by atoms with Gasteiger partial charge in [-0.15, -0.1) is 0 Å². The molecule has 0 spiro atoms. The van der Waals surface area contributed by atoms with Crippen LogP contribution in [-0.4, -0.2) is 18.7 Å². The molecule has 2 rings (SSSR count). The third kappa shape index (κ3) is 5.45. The first-order valence-corrected chi connectivity index (χ1v) is 8.49. The Labute approximate surface area is 149 Å². The molecule has 4 nitrogen and oxygen atoms in total. The summed E-state index contributed by atoms with van der Waals surface area (Å²) in [5.74, 6) is 0.808. The van der Waals surface area contributed by atoms with Crippen LogP contribution in [0.2, 0.25) is 0 Å². The van der Waals surface area contributed by atoms with Crippen molar-refractivity contribution >= 4 is 12.1 Å². The van der Waals surface area contributed by atoms with Crippen LogP contribution >= 0.6 is 0 Å². The lowest BCUT2D eigenvalue weighted by molar-refractivity contribution is -0.123. The number of nitrogens with one attached hydrogen (secondary N) is 1. The van der Waals surface area contributed by atoms with Crippen molar-refractivity contribution in [1.82, 2.24) is 5.43 Å². The van der Waals surface area contributed by atoms with Crippen molar-refractivity contribution < 1.29 is 9.53 Å². The monoisotopic (exact) mass is 338 g/mol. The Hall–Kier alpha value is -2.62. The summed E-state index contributed by atoms with van der Waals surface area (Å²) in [6.45, 7) is 10.2. The number of hydrogen-bond donors (Lipinski definition) is 1. The van der Waals surface area contributed by atoms with E-state index in [1.165, 1.54) is 0 Å². The van der Waals surface area contributed by atoms with Crippen molar-refractivity contribution in [3.8, 4) is 5.75 Å². The smallest absolute Gasteiger partial charge is 0.277 e. The lowest BCUT2D eigenvalue weighted by Gasteiger charge is -2.14. The predicted molar refractivity (Wildman–Crippen MR) is 102 cm³/mol. The van der Waals surface area contributed by atoms with E-state index in [2.05, 4.69) is 30.4 Å². The van der Waals surface area contributed by atoms with Crippen molar-refractivity contribution in [3.63, 3.8) is 0 Å². The van der Waals surface area contributed by atoms with Gasteiger partial charge in [0.15, 0.2) is 6.61 Å². The van der Waals surface area contributed by atoms with Crippen LogP contribution in [-0.2, 0) is 4.79 Å². The van der Waals surface area contributed by atoms with Crippen LogP contribution in [0.3, 0.4) is 0 Å². The summed E-state index contributed by atoms with van der Waals surface area (Å²) in [4.78, 5) is 12.0. The van der Waals surface area contributed by atoms with Gasteiger partial charge in [0.1, 0.15) is 5.75 Å². The van der Waals surface area contributed by atoms with Crippen LogP contribution in [0.4, 0.5) is 0 Å². The van der Waals surface area contributed by atoms with E-state index in [1.807, 2.05) is 51.1 Å². The molecule has 1 N–H and O–H groups in total. The highest BCUT2D eigenvalue weighted by molar-refractivity contribution is 5.84. The zero-order chi connectivity index (χ0) is 18.4. The molecule has 2 aromatic carbocycles. The van der Waals surface area contributed by atoms with Crippen LogP contribution in [0.25, 0.3) is 0 Å². The number of rotatable bonds is 6. The van der Waals surface area contributed by atoms with Crippen LogP contribution in [0.15, 0.2) is 41.5 Å². The van der Waals surface area contributed by atoms with E-state index in [9.17, 15) is 4.79 Å². The van der Waals surface area contributed by atoms with E-state index in [1.54, 1.807) is 6.21 Å². The van der Waals surface area contributed by atoms with Crippen molar-refractivity contribution in [1.29, 1.82) is 0 Å². The normalized spacial score (nSPS) is 11.1. The summed E-state index contributed by atoms with van der Waals surface area (Å²) in [5.41, 5.74) is 7.97. The van der Waals surface area contributed by atoms with Gasteiger partial charge < -0.3 is 4.74 Å². The van der Waals surface area contributed by atoms with Gasteiger partial charge in [-0.25, -0.2) is 5.43 Å². The molecule has 0 saturated heterocycles. The van der Waals surface area contributed by atoms with Gasteiger partial charge >= 0.3 is 0 Å². The summed E-state index contributed by atoms with van der Waals surface area (Å²) in [6, 6.07) is 12.2. The largest absolute Gasteiger partial charge is 0.483 e. The summed E-state index contributed by atoms with van der Waals surface area (Å²) >= 11 is 0. The molecule has 0 bridgehead atoms. The summed E-state index contributed by atoms with van der Waals surface area (Å²) < 4.78 is 5.70. The van der Waals surface area contributed by atoms with Crippen LogP contribution in [0.5, 0.6) is 5.75 Å². The lowest BCUT2D eigenvalue weighted by Crippen LogP contribution is -2.25. The van der Waals surface area contributed by atoms with Gasteiger partial charge in [-0.1, -0.05) is 49.7 Å². The van der Waals surface area contributed by atoms with Crippen LogP contribution in [0, 0.1) is 20.8 Å². The topological polar surface area (TPSA) is 50.7 Å². The average Bonchev–Trinajstić information content (AvgIpc) is 2.56. The quantitative estimate of drug-likeness (QED) is 0.632. The first kappa shape index (κ1) is 18.7. The van der Waals surface area contributed by atoms with Gasteiger partial charge in [-0.3, -0.25) is 4.79 Å².